The number of nitrogens with two attached hydrogens (primary N) is 1. The predicted molar refractivity (Wildman–Crippen MR) is 69.3 cm³/mol. The number of amides is 1. The first-order chi connectivity index (χ1) is 8.90. The zero-order chi connectivity index (χ0) is 14.4. The van der Waals surface area contributed by atoms with Gasteiger partial charge in [-0.3, -0.25) is 0 Å². The van der Waals surface area contributed by atoms with Crippen LogP contribution >= 0.6 is 0 Å². The summed E-state index contributed by atoms with van der Waals surface area (Å²) >= 11 is 0. The zero-order valence-electron chi connectivity index (χ0n) is 10.8. The number of carbonyl (C=O) groups excluding carboxylic acids is 1. The highest BCUT2D eigenvalue weighted by Gasteiger charge is 2.10. The van der Waals surface area contributed by atoms with Gasteiger partial charge in [-0.25, -0.2) is 14.6 Å². The molecule has 1 rings (SSSR count). The molecule has 19 heavy (non-hydrogen) atoms. The van der Waals surface area contributed by atoms with Gasteiger partial charge in [0.2, 0.25) is 0 Å². The minimum absolute atomic E-state index is 0.0886. The Kier molecular flexibility index (Phi) is 5.11. The number of rotatable bonds is 6. The van der Waals surface area contributed by atoms with Crippen LogP contribution in [0.3, 0.4) is 0 Å². The number of aromatic nitrogens is 1. The summed E-state index contributed by atoms with van der Waals surface area (Å²) in [6.07, 6.45) is -0.850. The first kappa shape index (κ1) is 14.7. The maximum Gasteiger partial charge on any atom is 0.404 e. The normalized spacial score (nSPS) is 10.3. The van der Waals surface area contributed by atoms with E-state index in [0.29, 0.717) is 18.1 Å². The summed E-state index contributed by atoms with van der Waals surface area (Å²) in [5, 5.41) is 11.9. The molecule has 0 fully saturated rings. The Morgan fingerprint density at radius 2 is 2.16 bits per heavy atom. The molecule has 1 amide bonds. The van der Waals surface area contributed by atoms with E-state index in [1.165, 1.54) is 12.1 Å². The number of primary amides is 1. The van der Waals surface area contributed by atoms with Crippen LogP contribution in [0.1, 0.15) is 35.8 Å². The van der Waals surface area contributed by atoms with Gasteiger partial charge in [0.1, 0.15) is 12.4 Å². The smallest absolute Gasteiger partial charge is 0.404 e. The number of nitrogens with one attached hydrogen (secondary N) is 1. The molecule has 4 N–H and O–H groups in total. The Morgan fingerprint density at radius 1 is 1.47 bits per heavy atom. The van der Waals surface area contributed by atoms with Crippen LogP contribution in [-0.4, -0.2) is 35.3 Å². The van der Waals surface area contributed by atoms with E-state index in [1.54, 1.807) is 0 Å². The van der Waals surface area contributed by atoms with Crippen molar-refractivity contribution in [2.75, 3.05) is 18.5 Å². The molecule has 0 atom stereocenters. The van der Waals surface area contributed by atoms with Crippen LogP contribution in [0.25, 0.3) is 0 Å². The third kappa shape index (κ3) is 4.82. The van der Waals surface area contributed by atoms with E-state index in [4.69, 9.17) is 10.8 Å². The molecule has 0 aliphatic rings. The zero-order valence-corrected chi connectivity index (χ0v) is 10.8. The summed E-state index contributed by atoms with van der Waals surface area (Å²) in [5.41, 5.74) is 5.66. The van der Waals surface area contributed by atoms with E-state index in [0.717, 1.165) is 0 Å². The van der Waals surface area contributed by atoms with Gasteiger partial charge < -0.3 is 20.9 Å². The molecule has 0 aromatic carbocycles. The molecule has 7 heteroatoms. The first-order valence-corrected chi connectivity index (χ1v) is 5.81. The van der Waals surface area contributed by atoms with E-state index in [-0.39, 0.29) is 18.1 Å². The predicted octanol–water partition coefficient (Wildman–Crippen LogP) is 1.41. The molecule has 0 aliphatic heterocycles. The fourth-order valence-electron chi connectivity index (χ4n) is 1.39. The lowest BCUT2D eigenvalue weighted by Gasteiger charge is -2.11. The molecule has 0 radical (unpaired) electrons. The van der Waals surface area contributed by atoms with Gasteiger partial charge >= 0.3 is 12.1 Å². The van der Waals surface area contributed by atoms with Crippen molar-refractivity contribution in [2.24, 2.45) is 5.73 Å². The minimum atomic E-state index is -1.01. The molecule has 0 saturated carbocycles. The standard InChI is InChI=1S/C12H17N3O4/c1-7(2)9-5-8(11(16)17)6-10(15-9)14-3-4-19-12(13)18/h5-7H,3-4H2,1-2H3,(H2,13,18)(H,14,15)(H,16,17). The van der Waals surface area contributed by atoms with Crippen molar-refractivity contribution in [3.63, 3.8) is 0 Å². The lowest BCUT2D eigenvalue weighted by Crippen LogP contribution is -2.19. The monoisotopic (exact) mass is 267 g/mol. The quantitative estimate of drug-likeness (QED) is 0.671. The van der Waals surface area contributed by atoms with Crippen molar-refractivity contribution in [1.29, 1.82) is 0 Å². The lowest BCUT2D eigenvalue weighted by molar-refractivity contribution is 0.0696. The Morgan fingerprint density at radius 3 is 2.68 bits per heavy atom. The number of carboxylic acids is 1. The molecular weight excluding hydrogens is 250 g/mol. The third-order valence-corrected chi connectivity index (χ3v) is 2.34. The van der Waals surface area contributed by atoms with Gasteiger partial charge in [-0.2, -0.15) is 0 Å². The number of pyridine rings is 1. The number of ether oxygens (including phenoxy) is 1. The number of hydrogen-bond acceptors (Lipinski definition) is 5. The molecule has 7 nitrogen and oxygen atoms in total. The van der Waals surface area contributed by atoms with Crippen LogP contribution in [0.2, 0.25) is 0 Å². The Balaban J connectivity index is 2.76. The Labute approximate surface area is 110 Å². The molecule has 0 aliphatic carbocycles. The first-order valence-electron chi connectivity index (χ1n) is 5.81. The van der Waals surface area contributed by atoms with Crippen LogP contribution in [-0.2, 0) is 4.74 Å². The maximum atomic E-state index is 11.0. The van der Waals surface area contributed by atoms with Crippen molar-refractivity contribution in [3.8, 4) is 0 Å². The Hall–Kier alpha value is -2.31. The topological polar surface area (TPSA) is 115 Å². The fraction of sp³-hybridized carbons (Fsp3) is 0.417. The molecule has 1 heterocycles. The molecular formula is C12H17N3O4. The number of anilines is 1. The molecule has 0 unspecified atom stereocenters. The van der Waals surface area contributed by atoms with Crippen LogP contribution in [0.5, 0.6) is 0 Å². The number of nitrogens with zero attached hydrogens (tertiary/aromatic N) is 1. The van der Waals surface area contributed by atoms with Crippen molar-refractivity contribution < 1.29 is 19.4 Å². The molecule has 0 spiro atoms. The summed E-state index contributed by atoms with van der Waals surface area (Å²) in [5.74, 6) is -0.473. The van der Waals surface area contributed by atoms with Gasteiger partial charge in [0.05, 0.1) is 12.1 Å². The fourth-order valence-corrected chi connectivity index (χ4v) is 1.39. The molecule has 1 aromatic heterocycles. The summed E-state index contributed by atoms with van der Waals surface area (Å²) < 4.78 is 4.55. The largest absolute Gasteiger partial charge is 0.478 e. The summed E-state index contributed by atoms with van der Waals surface area (Å²) in [4.78, 5) is 25.7. The number of carbonyl (C=O) groups is 2. The van der Waals surface area contributed by atoms with Gasteiger partial charge in [-0.1, -0.05) is 13.8 Å². The highest BCUT2D eigenvalue weighted by Crippen LogP contribution is 2.17. The SMILES string of the molecule is CC(C)c1cc(C(=O)O)cc(NCCOC(N)=O)n1. The van der Waals surface area contributed by atoms with E-state index >= 15 is 0 Å². The number of aromatic carboxylic acids is 1. The van der Waals surface area contributed by atoms with E-state index in [9.17, 15) is 9.59 Å². The number of hydrogen-bond donors (Lipinski definition) is 3. The van der Waals surface area contributed by atoms with Gasteiger partial charge in [0.25, 0.3) is 0 Å². The van der Waals surface area contributed by atoms with Gasteiger partial charge in [-0.05, 0) is 18.1 Å². The maximum absolute atomic E-state index is 11.0. The summed E-state index contributed by atoms with van der Waals surface area (Å²) in [7, 11) is 0. The lowest BCUT2D eigenvalue weighted by atomic mass is 10.1. The van der Waals surface area contributed by atoms with Gasteiger partial charge in [-0.15, -0.1) is 0 Å². The van der Waals surface area contributed by atoms with Crippen LogP contribution in [0, 0.1) is 0 Å². The summed E-state index contributed by atoms with van der Waals surface area (Å²) in [6.45, 7) is 4.24. The van der Waals surface area contributed by atoms with E-state index < -0.39 is 12.1 Å². The summed E-state index contributed by atoms with van der Waals surface area (Å²) in [6, 6.07) is 2.97. The van der Waals surface area contributed by atoms with Crippen molar-refractivity contribution >= 4 is 17.9 Å². The van der Waals surface area contributed by atoms with Crippen LogP contribution in [0.4, 0.5) is 10.6 Å². The molecule has 0 saturated heterocycles. The molecule has 104 valence electrons. The van der Waals surface area contributed by atoms with Gasteiger partial charge in [0.15, 0.2) is 0 Å². The molecule has 0 bridgehead atoms. The van der Waals surface area contributed by atoms with Gasteiger partial charge in [0, 0.05) is 5.69 Å². The number of carboxylic acid groups (broad SMARTS) is 1. The highest BCUT2D eigenvalue weighted by molar-refractivity contribution is 5.88. The second-order valence-corrected chi connectivity index (χ2v) is 4.22. The second-order valence-electron chi connectivity index (χ2n) is 4.22. The minimum Gasteiger partial charge on any atom is -0.478 e. The average Bonchev–Trinajstić information content (AvgIpc) is 2.34. The van der Waals surface area contributed by atoms with Crippen molar-refractivity contribution in [3.05, 3.63) is 23.4 Å². The van der Waals surface area contributed by atoms with E-state index in [1.807, 2.05) is 13.8 Å². The second kappa shape index (κ2) is 6.58. The van der Waals surface area contributed by atoms with Crippen LogP contribution < -0.4 is 11.1 Å². The van der Waals surface area contributed by atoms with E-state index in [2.05, 4.69) is 15.0 Å². The average molecular weight is 267 g/mol. The third-order valence-electron chi connectivity index (χ3n) is 2.34. The van der Waals surface area contributed by atoms with Crippen molar-refractivity contribution in [2.45, 2.75) is 19.8 Å². The Bertz CT molecular complexity index is 474. The highest BCUT2D eigenvalue weighted by atomic mass is 16.5. The molecule has 1 aromatic rings. The van der Waals surface area contributed by atoms with Crippen LogP contribution in [0.15, 0.2) is 12.1 Å². The van der Waals surface area contributed by atoms with Crippen molar-refractivity contribution in [1.82, 2.24) is 4.98 Å².